The summed E-state index contributed by atoms with van der Waals surface area (Å²) in [6.45, 7) is 2.35. The van der Waals surface area contributed by atoms with Crippen LogP contribution < -0.4 is 5.32 Å². The number of benzene rings is 1. The molecule has 11 heteroatoms. The van der Waals surface area contributed by atoms with Crippen molar-refractivity contribution < 1.29 is 17.7 Å². The molecule has 1 aliphatic carbocycles. The number of rotatable bonds is 9. The molecule has 1 N–H and O–H groups in total. The first-order chi connectivity index (χ1) is 15.9. The van der Waals surface area contributed by atoms with Crippen LogP contribution in [0.4, 0.5) is 18.9 Å². The standard InChI is InChI=1S/C22H27F3N6OS/c1-2-7-18-27-20(32-30-18)14-33-21-29-28-19(31(21)17-10-4-3-5-11-17)13-26-16-9-6-8-15(12-16)22(23,24)25/h6,8-9,12,17,26H,2-5,7,10-11,13-14H2,1H3. The first-order valence-electron chi connectivity index (χ1n) is 11.2. The Bertz CT molecular complexity index is 1040. The van der Waals surface area contributed by atoms with Gasteiger partial charge in [0.2, 0.25) is 5.89 Å². The van der Waals surface area contributed by atoms with Gasteiger partial charge in [-0.1, -0.05) is 49.2 Å². The first-order valence-corrected chi connectivity index (χ1v) is 12.2. The van der Waals surface area contributed by atoms with Crippen LogP contribution in [0.3, 0.4) is 0 Å². The molecule has 33 heavy (non-hydrogen) atoms. The number of hydrogen-bond acceptors (Lipinski definition) is 7. The summed E-state index contributed by atoms with van der Waals surface area (Å²) in [6.07, 6.45) is 2.89. The predicted molar refractivity (Wildman–Crippen MR) is 119 cm³/mol. The van der Waals surface area contributed by atoms with Gasteiger partial charge in [0.25, 0.3) is 0 Å². The van der Waals surface area contributed by atoms with E-state index in [4.69, 9.17) is 4.52 Å². The van der Waals surface area contributed by atoms with Crippen molar-refractivity contribution in [2.75, 3.05) is 5.32 Å². The average molecular weight is 481 g/mol. The van der Waals surface area contributed by atoms with E-state index in [2.05, 4.69) is 37.1 Å². The van der Waals surface area contributed by atoms with Crippen LogP contribution in [-0.2, 0) is 24.9 Å². The zero-order valence-electron chi connectivity index (χ0n) is 18.4. The van der Waals surface area contributed by atoms with Gasteiger partial charge in [-0.05, 0) is 37.5 Å². The van der Waals surface area contributed by atoms with Crippen molar-refractivity contribution in [1.29, 1.82) is 0 Å². The highest BCUT2D eigenvalue weighted by Crippen LogP contribution is 2.34. The highest BCUT2D eigenvalue weighted by atomic mass is 32.2. The molecule has 1 aromatic carbocycles. The minimum Gasteiger partial charge on any atom is -0.378 e. The first kappa shape index (κ1) is 23.6. The molecule has 0 saturated heterocycles. The average Bonchev–Trinajstić information content (AvgIpc) is 3.43. The summed E-state index contributed by atoms with van der Waals surface area (Å²) in [7, 11) is 0. The highest BCUT2D eigenvalue weighted by Gasteiger charge is 2.30. The van der Waals surface area contributed by atoms with Gasteiger partial charge in [-0.2, -0.15) is 18.2 Å². The highest BCUT2D eigenvalue weighted by molar-refractivity contribution is 7.98. The van der Waals surface area contributed by atoms with Crippen molar-refractivity contribution in [1.82, 2.24) is 24.9 Å². The maximum Gasteiger partial charge on any atom is 0.416 e. The van der Waals surface area contributed by atoms with E-state index in [1.165, 1.54) is 24.2 Å². The second-order valence-electron chi connectivity index (χ2n) is 8.14. The molecule has 0 atom stereocenters. The Morgan fingerprint density at radius 1 is 1.18 bits per heavy atom. The van der Waals surface area contributed by atoms with E-state index in [1.807, 2.05) is 0 Å². The molecule has 1 aliphatic rings. The van der Waals surface area contributed by atoms with E-state index in [0.29, 0.717) is 29.0 Å². The summed E-state index contributed by atoms with van der Waals surface area (Å²) >= 11 is 1.49. The maximum absolute atomic E-state index is 13.0. The third-order valence-corrected chi connectivity index (χ3v) is 6.55. The largest absolute Gasteiger partial charge is 0.416 e. The van der Waals surface area contributed by atoms with Gasteiger partial charge in [-0.25, -0.2) is 0 Å². The zero-order valence-corrected chi connectivity index (χ0v) is 19.3. The molecule has 0 aliphatic heterocycles. The van der Waals surface area contributed by atoms with Gasteiger partial charge in [0.15, 0.2) is 16.8 Å². The summed E-state index contributed by atoms with van der Waals surface area (Å²) in [4.78, 5) is 4.41. The molecule has 0 spiro atoms. The van der Waals surface area contributed by atoms with Gasteiger partial charge in [0.1, 0.15) is 0 Å². The summed E-state index contributed by atoms with van der Waals surface area (Å²) < 4.78 is 46.6. The van der Waals surface area contributed by atoms with E-state index >= 15 is 0 Å². The summed E-state index contributed by atoms with van der Waals surface area (Å²) in [6, 6.07) is 5.47. The monoisotopic (exact) mass is 480 g/mol. The Hall–Kier alpha value is -2.56. The van der Waals surface area contributed by atoms with E-state index in [1.54, 1.807) is 6.07 Å². The molecule has 0 unspecified atom stereocenters. The summed E-state index contributed by atoms with van der Waals surface area (Å²) in [5, 5.41) is 16.6. The van der Waals surface area contributed by atoms with Crippen LogP contribution in [0.25, 0.3) is 0 Å². The van der Waals surface area contributed by atoms with Crippen molar-refractivity contribution in [3.8, 4) is 0 Å². The molecular formula is C22H27F3N6OS. The molecule has 2 heterocycles. The number of nitrogens with zero attached hydrogens (tertiary/aromatic N) is 5. The van der Waals surface area contributed by atoms with Gasteiger partial charge in [-0.15, -0.1) is 10.2 Å². The summed E-state index contributed by atoms with van der Waals surface area (Å²) in [5.41, 5.74) is -0.286. The Morgan fingerprint density at radius 2 is 2.00 bits per heavy atom. The van der Waals surface area contributed by atoms with Crippen LogP contribution in [0.15, 0.2) is 33.9 Å². The number of aryl methyl sites for hydroxylation is 1. The van der Waals surface area contributed by atoms with Crippen LogP contribution >= 0.6 is 11.8 Å². The van der Waals surface area contributed by atoms with E-state index in [0.717, 1.165) is 55.8 Å². The lowest BCUT2D eigenvalue weighted by Gasteiger charge is -2.25. The summed E-state index contributed by atoms with van der Waals surface area (Å²) in [5.74, 6) is 2.44. The molecule has 1 saturated carbocycles. The van der Waals surface area contributed by atoms with E-state index in [9.17, 15) is 13.2 Å². The smallest absolute Gasteiger partial charge is 0.378 e. The number of aromatic nitrogens is 5. The van der Waals surface area contributed by atoms with Crippen molar-refractivity contribution in [2.45, 2.75) is 81.5 Å². The number of nitrogens with one attached hydrogen (secondary N) is 1. The third kappa shape index (κ3) is 6.07. The molecular weight excluding hydrogens is 453 g/mol. The van der Waals surface area contributed by atoms with Crippen LogP contribution in [0, 0.1) is 0 Å². The van der Waals surface area contributed by atoms with Crippen LogP contribution in [0.1, 0.15) is 74.6 Å². The number of thioether (sulfide) groups is 1. The number of alkyl halides is 3. The Balaban J connectivity index is 1.49. The lowest BCUT2D eigenvalue weighted by atomic mass is 9.95. The van der Waals surface area contributed by atoms with Gasteiger partial charge in [0, 0.05) is 18.2 Å². The Morgan fingerprint density at radius 3 is 2.76 bits per heavy atom. The second-order valence-corrected chi connectivity index (χ2v) is 9.08. The number of halogens is 3. The Kier molecular flexibility index (Phi) is 7.56. The Labute approximate surface area is 194 Å². The molecule has 0 amide bonds. The maximum atomic E-state index is 13.0. The minimum atomic E-state index is -4.38. The van der Waals surface area contributed by atoms with Gasteiger partial charge in [0.05, 0.1) is 17.9 Å². The lowest BCUT2D eigenvalue weighted by Crippen LogP contribution is -2.18. The van der Waals surface area contributed by atoms with Crippen molar-refractivity contribution in [2.24, 2.45) is 0 Å². The molecule has 0 radical (unpaired) electrons. The van der Waals surface area contributed by atoms with Crippen molar-refractivity contribution in [3.05, 3.63) is 47.4 Å². The zero-order chi connectivity index (χ0) is 23.3. The van der Waals surface area contributed by atoms with E-state index in [-0.39, 0.29) is 12.6 Å². The van der Waals surface area contributed by atoms with Crippen LogP contribution in [0.5, 0.6) is 0 Å². The molecule has 1 fully saturated rings. The molecule has 0 bridgehead atoms. The van der Waals surface area contributed by atoms with Gasteiger partial charge < -0.3 is 14.4 Å². The van der Waals surface area contributed by atoms with Crippen LogP contribution in [0.2, 0.25) is 0 Å². The molecule has 178 valence electrons. The molecule has 3 aromatic rings. The SMILES string of the molecule is CCCc1noc(CSc2nnc(CNc3cccc(C(F)(F)F)c3)n2C2CCCCC2)n1. The van der Waals surface area contributed by atoms with Crippen molar-refractivity contribution >= 4 is 17.4 Å². The minimum absolute atomic E-state index is 0.271. The van der Waals surface area contributed by atoms with Crippen molar-refractivity contribution in [3.63, 3.8) is 0 Å². The molecule has 7 nitrogen and oxygen atoms in total. The fourth-order valence-electron chi connectivity index (χ4n) is 4.02. The number of hydrogen-bond donors (Lipinski definition) is 1. The van der Waals surface area contributed by atoms with Crippen LogP contribution in [-0.4, -0.2) is 24.9 Å². The topological polar surface area (TPSA) is 81.7 Å². The third-order valence-electron chi connectivity index (χ3n) is 5.62. The number of anilines is 1. The molecule has 4 rings (SSSR count). The van der Waals surface area contributed by atoms with E-state index < -0.39 is 11.7 Å². The predicted octanol–water partition coefficient (Wildman–Crippen LogP) is 6.04. The second kappa shape index (κ2) is 10.6. The normalized spacial score (nSPS) is 15.2. The lowest BCUT2D eigenvalue weighted by molar-refractivity contribution is -0.137. The van der Waals surface area contributed by atoms with Gasteiger partial charge in [-0.3, -0.25) is 0 Å². The van der Waals surface area contributed by atoms with Gasteiger partial charge >= 0.3 is 6.18 Å². The fraction of sp³-hybridized carbons (Fsp3) is 0.545. The fourth-order valence-corrected chi connectivity index (χ4v) is 4.88. The molecule has 2 aromatic heterocycles. The quantitative estimate of drug-likeness (QED) is 0.374.